The van der Waals surface area contributed by atoms with Crippen molar-refractivity contribution in [3.05, 3.63) is 77.1 Å². The van der Waals surface area contributed by atoms with E-state index in [0.717, 1.165) is 11.2 Å². The summed E-state index contributed by atoms with van der Waals surface area (Å²) in [6.07, 6.45) is 2.37. The van der Waals surface area contributed by atoms with E-state index in [1.807, 2.05) is 0 Å². The molecule has 2 aromatic carbocycles. The van der Waals surface area contributed by atoms with Gasteiger partial charge in [-0.05, 0) is 36.4 Å². The van der Waals surface area contributed by atoms with Gasteiger partial charge in [0.1, 0.15) is 31.0 Å². The van der Waals surface area contributed by atoms with Crippen molar-refractivity contribution in [1.82, 2.24) is 19.9 Å². The molecule has 0 unspecified atom stereocenters. The first kappa shape index (κ1) is 16.6. The lowest BCUT2D eigenvalue weighted by Crippen LogP contribution is -2.32. The number of benzene rings is 2. The summed E-state index contributed by atoms with van der Waals surface area (Å²) in [6.45, 7) is 0.149. The molecule has 0 saturated heterocycles. The van der Waals surface area contributed by atoms with Gasteiger partial charge in [0.15, 0.2) is 0 Å². The number of ether oxygens (including phenoxy) is 1. The summed E-state index contributed by atoms with van der Waals surface area (Å²) in [6, 6.07) is 13.4. The molecule has 0 atom stereocenters. The Hall–Kier alpha value is -3.81. The Morgan fingerprint density at radius 2 is 1.63 bits per heavy atom. The van der Waals surface area contributed by atoms with Crippen LogP contribution >= 0.6 is 0 Å². The number of rotatable bonds is 6. The zero-order valence-corrected chi connectivity index (χ0v) is 14.1. The molecule has 1 aromatic heterocycles. The van der Waals surface area contributed by atoms with E-state index in [-0.39, 0.29) is 25.1 Å². The van der Waals surface area contributed by atoms with Crippen LogP contribution in [0.3, 0.4) is 0 Å². The van der Waals surface area contributed by atoms with E-state index in [9.17, 15) is 14.4 Å². The second kappa shape index (κ2) is 6.83. The molecule has 27 heavy (non-hydrogen) atoms. The Labute approximate surface area is 154 Å². The summed E-state index contributed by atoms with van der Waals surface area (Å²) in [4.78, 5) is 36.5. The van der Waals surface area contributed by atoms with E-state index < -0.39 is 0 Å². The van der Waals surface area contributed by atoms with Crippen molar-refractivity contribution < 1.29 is 19.1 Å². The zero-order chi connectivity index (χ0) is 18.8. The number of aldehydes is 1. The first-order valence-corrected chi connectivity index (χ1v) is 8.18. The fourth-order valence-electron chi connectivity index (χ4n) is 2.79. The first-order valence-electron chi connectivity index (χ1n) is 8.18. The molecule has 0 spiro atoms. The van der Waals surface area contributed by atoms with Gasteiger partial charge in [0, 0.05) is 5.56 Å². The second-order valence-electron chi connectivity index (χ2n) is 5.95. The predicted octanol–water partition coefficient (Wildman–Crippen LogP) is 1.92. The minimum atomic E-state index is -0.348. The van der Waals surface area contributed by atoms with E-state index in [0.29, 0.717) is 28.1 Å². The maximum atomic E-state index is 12.4. The molecule has 0 bridgehead atoms. The molecule has 3 aromatic rings. The van der Waals surface area contributed by atoms with Crippen LogP contribution in [0.5, 0.6) is 5.75 Å². The fraction of sp³-hybridized carbons (Fsp3) is 0.105. The molecular formula is C19H14N4O4. The molecule has 2 heterocycles. The van der Waals surface area contributed by atoms with E-state index >= 15 is 0 Å². The lowest BCUT2D eigenvalue weighted by atomic mass is 10.1. The Morgan fingerprint density at radius 1 is 0.963 bits per heavy atom. The number of hydrogen-bond acceptors (Lipinski definition) is 6. The molecule has 2 amide bonds. The highest BCUT2D eigenvalue weighted by molar-refractivity contribution is 6.21. The van der Waals surface area contributed by atoms with Crippen LogP contribution in [-0.4, -0.2) is 38.0 Å². The fourth-order valence-corrected chi connectivity index (χ4v) is 2.79. The van der Waals surface area contributed by atoms with Gasteiger partial charge >= 0.3 is 0 Å². The third kappa shape index (κ3) is 3.20. The Kier molecular flexibility index (Phi) is 4.21. The van der Waals surface area contributed by atoms with Gasteiger partial charge in [-0.25, -0.2) is 4.68 Å². The highest BCUT2D eigenvalue weighted by atomic mass is 16.5. The first-order chi connectivity index (χ1) is 13.2. The zero-order valence-electron chi connectivity index (χ0n) is 14.1. The predicted molar refractivity (Wildman–Crippen MR) is 93.1 cm³/mol. The van der Waals surface area contributed by atoms with Crippen LogP contribution in [0.25, 0.3) is 0 Å². The van der Waals surface area contributed by atoms with Gasteiger partial charge in [-0.15, -0.1) is 5.10 Å². The highest BCUT2D eigenvalue weighted by Crippen LogP contribution is 2.22. The van der Waals surface area contributed by atoms with Gasteiger partial charge in [-0.2, -0.15) is 0 Å². The molecule has 1 aliphatic rings. The van der Waals surface area contributed by atoms with Gasteiger partial charge in [0.05, 0.1) is 17.3 Å². The lowest BCUT2D eigenvalue weighted by Gasteiger charge is -2.12. The molecule has 8 nitrogen and oxygen atoms in total. The maximum Gasteiger partial charge on any atom is 0.263 e. The Balaban J connectivity index is 1.40. The molecule has 0 N–H and O–H groups in total. The number of aromatic nitrogens is 3. The third-order valence-electron chi connectivity index (χ3n) is 4.15. The topological polar surface area (TPSA) is 94.4 Å². The number of amides is 2. The van der Waals surface area contributed by atoms with Crippen LogP contribution in [0.2, 0.25) is 0 Å². The summed E-state index contributed by atoms with van der Waals surface area (Å²) in [7, 11) is 0. The monoisotopic (exact) mass is 362 g/mol. The molecule has 4 rings (SSSR count). The van der Waals surface area contributed by atoms with Crippen LogP contribution in [-0.2, 0) is 13.3 Å². The van der Waals surface area contributed by atoms with Crippen LogP contribution in [0.1, 0.15) is 36.8 Å². The van der Waals surface area contributed by atoms with Crippen molar-refractivity contribution in [2.45, 2.75) is 13.3 Å². The third-order valence-corrected chi connectivity index (χ3v) is 4.15. The molecule has 8 heteroatoms. The second-order valence-corrected chi connectivity index (χ2v) is 5.95. The quantitative estimate of drug-likeness (QED) is 0.491. The molecule has 0 fully saturated rings. The molecule has 0 radical (unpaired) electrons. The van der Waals surface area contributed by atoms with Crippen molar-refractivity contribution in [3.8, 4) is 5.75 Å². The Bertz CT molecular complexity index is 991. The molecule has 0 aliphatic carbocycles. The van der Waals surface area contributed by atoms with Crippen LogP contribution in [0.15, 0.2) is 54.7 Å². The summed E-state index contributed by atoms with van der Waals surface area (Å²) in [5.41, 5.74) is 1.90. The van der Waals surface area contributed by atoms with Crippen molar-refractivity contribution in [1.29, 1.82) is 0 Å². The van der Waals surface area contributed by atoms with Crippen molar-refractivity contribution in [2.24, 2.45) is 0 Å². The summed E-state index contributed by atoms with van der Waals surface area (Å²) < 4.78 is 7.00. The van der Waals surface area contributed by atoms with Crippen LogP contribution in [0, 0.1) is 0 Å². The van der Waals surface area contributed by atoms with Gasteiger partial charge < -0.3 is 4.74 Å². The SMILES string of the molecule is O=Cc1ccc(OCc2cn(CN3C(=O)c4ccccc4C3=O)nn2)cc1. The van der Waals surface area contributed by atoms with Crippen LogP contribution < -0.4 is 4.74 Å². The largest absolute Gasteiger partial charge is 0.487 e. The molecule has 134 valence electrons. The summed E-state index contributed by atoms with van der Waals surface area (Å²) in [5, 5.41) is 7.93. The lowest BCUT2D eigenvalue weighted by molar-refractivity contribution is 0.0596. The highest BCUT2D eigenvalue weighted by Gasteiger charge is 2.35. The maximum absolute atomic E-state index is 12.4. The van der Waals surface area contributed by atoms with Crippen molar-refractivity contribution >= 4 is 18.1 Å². The normalized spacial score (nSPS) is 13.0. The van der Waals surface area contributed by atoms with Gasteiger partial charge in [0.25, 0.3) is 11.8 Å². The van der Waals surface area contributed by atoms with E-state index in [1.54, 1.807) is 54.7 Å². The van der Waals surface area contributed by atoms with Crippen molar-refractivity contribution in [2.75, 3.05) is 0 Å². The van der Waals surface area contributed by atoms with E-state index in [4.69, 9.17) is 4.74 Å². The van der Waals surface area contributed by atoms with Gasteiger partial charge in [-0.3, -0.25) is 19.3 Å². The minimum absolute atomic E-state index is 0.0205. The number of carbonyl (C=O) groups is 3. The number of imide groups is 1. The van der Waals surface area contributed by atoms with Gasteiger partial charge in [0.2, 0.25) is 0 Å². The van der Waals surface area contributed by atoms with E-state index in [1.165, 1.54) is 4.68 Å². The number of nitrogens with zero attached hydrogens (tertiary/aromatic N) is 4. The average Bonchev–Trinajstić information content (AvgIpc) is 3.26. The number of carbonyl (C=O) groups excluding carboxylic acids is 3. The molecule has 1 aliphatic heterocycles. The van der Waals surface area contributed by atoms with Crippen LogP contribution in [0.4, 0.5) is 0 Å². The number of fused-ring (bicyclic) bond motifs is 1. The molecule has 0 saturated carbocycles. The average molecular weight is 362 g/mol. The van der Waals surface area contributed by atoms with Gasteiger partial charge in [-0.1, -0.05) is 17.3 Å². The summed E-state index contributed by atoms with van der Waals surface area (Å²) in [5.74, 6) is -0.103. The smallest absolute Gasteiger partial charge is 0.263 e. The molecular weight excluding hydrogens is 348 g/mol. The Morgan fingerprint density at radius 3 is 2.26 bits per heavy atom. The van der Waals surface area contributed by atoms with Crippen molar-refractivity contribution in [3.63, 3.8) is 0 Å². The number of hydrogen-bond donors (Lipinski definition) is 0. The summed E-state index contributed by atoms with van der Waals surface area (Å²) >= 11 is 0. The minimum Gasteiger partial charge on any atom is -0.487 e. The standard InChI is InChI=1S/C19H14N4O4/c24-10-13-5-7-15(8-6-13)27-11-14-9-22(21-20-14)12-23-18(25)16-3-1-2-4-17(16)19(23)26/h1-10H,11-12H2. The van der Waals surface area contributed by atoms with E-state index in [2.05, 4.69) is 10.3 Å².